The molecule has 24 heavy (non-hydrogen) atoms. The van der Waals surface area contributed by atoms with Gasteiger partial charge in [0.15, 0.2) is 0 Å². The number of thioether (sulfide) groups is 1. The topological polar surface area (TPSA) is 38.8 Å². The van der Waals surface area contributed by atoms with E-state index in [1.54, 1.807) is 19.1 Å². The highest BCUT2D eigenvalue weighted by Gasteiger charge is 2.14. The highest BCUT2D eigenvalue weighted by atomic mass is 35.5. The number of carbonyl (C=O) groups is 1. The van der Waals surface area contributed by atoms with E-state index in [-0.39, 0.29) is 5.91 Å². The Labute approximate surface area is 152 Å². The third-order valence-corrected chi connectivity index (χ3v) is 5.01. The molecule has 0 atom stereocenters. The second-order valence-corrected chi connectivity index (χ2v) is 6.67. The Morgan fingerprint density at radius 2 is 1.71 bits per heavy atom. The summed E-state index contributed by atoms with van der Waals surface area (Å²) in [5.41, 5.74) is 0. The van der Waals surface area contributed by atoms with Gasteiger partial charge in [-0.1, -0.05) is 35.9 Å². The SMILES string of the molecule is COCCN(CCOC)C(=O)CSc1cccc2cccc(Cl)c12. The Balaban J connectivity index is 2.07. The fraction of sp³-hybridized carbons (Fsp3) is 0.389. The van der Waals surface area contributed by atoms with Crippen LogP contribution in [0.3, 0.4) is 0 Å². The molecule has 2 aromatic rings. The van der Waals surface area contributed by atoms with Crippen LogP contribution in [0, 0.1) is 0 Å². The molecule has 0 heterocycles. The van der Waals surface area contributed by atoms with Crippen LogP contribution >= 0.6 is 23.4 Å². The van der Waals surface area contributed by atoms with E-state index in [0.29, 0.717) is 37.1 Å². The smallest absolute Gasteiger partial charge is 0.233 e. The van der Waals surface area contributed by atoms with E-state index in [9.17, 15) is 4.79 Å². The standard InChI is InChI=1S/C18H22ClNO3S/c1-22-11-9-20(10-12-23-2)17(21)13-24-16-8-4-6-14-5-3-7-15(19)18(14)16/h3-8H,9-13H2,1-2H3. The molecule has 0 aliphatic heterocycles. The number of fused-ring (bicyclic) bond motifs is 1. The first-order chi connectivity index (χ1) is 11.7. The molecule has 0 saturated carbocycles. The number of rotatable bonds is 9. The summed E-state index contributed by atoms with van der Waals surface area (Å²) in [6.07, 6.45) is 0. The van der Waals surface area contributed by atoms with Crippen molar-refractivity contribution in [2.75, 3.05) is 46.3 Å². The summed E-state index contributed by atoms with van der Waals surface area (Å²) in [6, 6.07) is 11.8. The summed E-state index contributed by atoms with van der Waals surface area (Å²) in [5.74, 6) is 0.427. The van der Waals surface area contributed by atoms with Gasteiger partial charge in [-0.3, -0.25) is 4.79 Å². The molecular weight excluding hydrogens is 346 g/mol. The van der Waals surface area contributed by atoms with Gasteiger partial charge in [-0.05, 0) is 17.5 Å². The Hall–Kier alpha value is -1.27. The number of halogens is 1. The number of methoxy groups -OCH3 is 2. The molecular formula is C18H22ClNO3S. The van der Waals surface area contributed by atoms with Crippen molar-refractivity contribution in [1.29, 1.82) is 0 Å². The van der Waals surface area contributed by atoms with Crippen LogP contribution in [-0.4, -0.2) is 57.1 Å². The van der Waals surface area contributed by atoms with Crippen LogP contribution in [0.1, 0.15) is 0 Å². The summed E-state index contributed by atoms with van der Waals surface area (Å²) >= 11 is 7.85. The zero-order chi connectivity index (χ0) is 17.4. The Morgan fingerprint density at radius 1 is 1.08 bits per heavy atom. The number of amides is 1. The van der Waals surface area contributed by atoms with E-state index >= 15 is 0 Å². The van der Waals surface area contributed by atoms with Gasteiger partial charge < -0.3 is 14.4 Å². The molecule has 4 nitrogen and oxygen atoms in total. The van der Waals surface area contributed by atoms with Crippen molar-refractivity contribution in [1.82, 2.24) is 4.90 Å². The quantitative estimate of drug-likeness (QED) is 0.633. The molecule has 1 amide bonds. The normalized spacial score (nSPS) is 11.0. The van der Waals surface area contributed by atoms with Crippen molar-refractivity contribution in [3.63, 3.8) is 0 Å². The van der Waals surface area contributed by atoms with Crippen molar-refractivity contribution in [3.05, 3.63) is 41.4 Å². The van der Waals surface area contributed by atoms with Crippen LogP contribution in [0.4, 0.5) is 0 Å². The lowest BCUT2D eigenvalue weighted by molar-refractivity contribution is -0.129. The lowest BCUT2D eigenvalue weighted by atomic mass is 10.1. The van der Waals surface area contributed by atoms with E-state index in [4.69, 9.17) is 21.1 Å². The fourth-order valence-electron chi connectivity index (χ4n) is 2.38. The lowest BCUT2D eigenvalue weighted by Crippen LogP contribution is -2.37. The molecule has 0 N–H and O–H groups in total. The summed E-state index contributed by atoms with van der Waals surface area (Å²) in [6.45, 7) is 2.16. The molecule has 0 fully saturated rings. The van der Waals surface area contributed by atoms with Crippen molar-refractivity contribution in [2.45, 2.75) is 4.90 Å². The highest BCUT2D eigenvalue weighted by Crippen LogP contribution is 2.33. The third kappa shape index (κ3) is 5.11. The minimum Gasteiger partial charge on any atom is -0.383 e. The van der Waals surface area contributed by atoms with Crippen molar-refractivity contribution < 1.29 is 14.3 Å². The predicted octanol–water partition coefficient (Wildman–Crippen LogP) is 3.71. The maximum absolute atomic E-state index is 12.5. The fourth-order valence-corrected chi connectivity index (χ4v) is 3.73. The van der Waals surface area contributed by atoms with Gasteiger partial charge in [-0.25, -0.2) is 0 Å². The zero-order valence-electron chi connectivity index (χ0n) is 14.0. The first-order valence-corrected chi connectivity index (χ1v) is 9.09. The van der Waals surface area contributed by atoms with E-state index in [0.717, 1.165) is 15.7 Å². The van der Waals surface area contributed by atoms with Crippen molar-refractivity contribution in [3.8, 4) is 0 Å². The van der Waals surface area contributed by atoms with Crippen LogP contribution in [0.15, 0.2) is 41.3 Å². The van der Waals surface area contributed by atoms with Gasteiger partial charge in [0.05, 0.1) is 19.0 Å². The number of benzene rings is 2. The molecule has 0 saturated heterocycles. The number of hydrogen-bond acceptors (Lipinski definition) is 4. The second kappa shape index (κ2) is 9.89. The molecule has 0 spiro atoms. The number of carbonyl (C=O) groups excluding carboxylic acids is 1. The molecule has 130 valence electrons. The van der Waals surface area contributed by atoms with Crippen LogP contribution in [0.25, 0.3) is 10.8 Å². The molecule has 2 aromatic carbocycles. The number of hydrogen-bond donors (Lipinski definition) is 0. The van der Waals surface area contributed by atoms with Crippen LogP contribution in [0.2, 0.25) is 5.02 Å². The van der Waals surface area contributed by atoms with Crippen molar-refractivity contribution in [2.24, 2.45) is 0 Å². The van der Waals surface area contributed by atoms with Gasteiger partial charge in [-0.2, -0.15) is 0 Å². The lowest BCUT2D eigenvalue weighted by Gasteiger charge is -2.22. The maximum Gasteiger partial charge on any atom is 0.233 e. The summed E-state index contributed by atoms with van der Waals surface area (Å²) in [5, 5.41) is 2.79. The van der Waals surface area contributed by atoms with Gasteiger partial charge in [-0.15, -0.1) is 11.8 Å². The first-order valence-electron chi connectivity index (χ1n) is 7.73. The van der Waals surface area contributed by atoms with Crippen LogP contribution < -0.4 is 0 Å². The Morgan fingerprint density at radius 3 is 2.33 bits per heavy atom. The van der Waals surface area contributed by atoms with E-state index in [1.807, 2.05) is 36.4 Å². The van der Waals surface area contributed by atoms with Gasteiger partial charge in [0.1, 0.15) is 0 Å². The van der Waals surface area contributed by atoms with Gasteiger partial charge >= 0.3 is 0 Å². The van der Waals surface area contributed by atoms with Gasteiger partial charge in [0.2, 0.25) is 5.91 Å². The molecule has 0 radical (unpaired) electrons. The summed E-state index contributed by atoms with van der Waals surface area (Å²) in [7, 11) is 3.26. The van der Waals surface area contributed by atoms with Crippen molar-refractivity contribution >= 4 is 40.0 Å². The monoisotopic (exact) mass is 367 g/mol. The molecule has 0 unspecified atom stereocenters. The molecule has 0 bridgehead atoms. The molecule has 6 heteroatoms. The van der Waals surface area contributed by atoms with E-state index in [1.165, 1.54) is 11.8 Å². The average Bonchev–Trinajstić information content (AvgIpc) is 2.60. The summed E-state index contributed by atoms with van der Waals surface area (Å²) < 4.78 is 10.2. The van der Waals surface area contributed by atoms with Crippen LogP contribution in [-0.2, 0) is 14.3 Å². The van der Waals surface area contributed by atoms with Crippen LogP contribution in [0.5, 0.6) is 0 Å². The average molecular weight is 368 g/mol. The zero-order valence-corrected chi connectivity index (χ0v) is 15.5. The summed E-state index contributed by atoms with van der Waals surface area (Å²) in [4.78, 5) is 15.3. The first kappa shape index (κ1) is 19.1. The van der Waals surface area contributed by atoms with Gasteiger partial charge in [0.25, 0.3) is 0 Å². The second-order valence-electron chi connectivity index (χ2n) is 5.25. The Bertz CT molecular complexity index is 667. The van der Waals surface area contributed by atoms with E-state index in [2.05, 4.69) is 0 Å². The number of nitrogens with zero attached hydrogens (tertiary/aromatic N) is 1. The molecule has 0 aromatic heterocycles. The van der Waals surface area contributed by atoms with E-state index < -0.39 is 0 Å². The largest absolute Gasteiger partial charge is 0.383 e. The molecule has 2 rings (SSSR count). The third-order valence-electron chi connectivity index (χ3n) is 3.65. The highest BCUT2D eigenvalue weighted by molar-refractivity contribution is 8.00. The molecule has 0 aliphatic rings. The predicted molar refractivity (Wildman–Crippen MR) is 100 cm³/mol. The Kier molecular flexibility index (Phi) is 7.85. The minimum atomic E-state index is 0.0677. The molecule has 0 aliphatic carbocycles. The van der Waals surface area contributed by atoms with Gasteiger partial charge in [0, 0.05) is 42.6 Å². The number of ether oxygens (including phenoxy) is 2. The minimum absolute atomic E-state index is 0.0677. The maximum atomic E-state index is 12.5.